The number of likely N-dealkylation sites (tertiary alicyclic amines) is 1. The van der Waals surface area contributed by atoms with Crippen molar-refractivity contribution in [2.24, 2.45) is 0 Å². The van der Waals surface area contributed by atoms with E-state index in [0.717, 1.165) is 30.2 Å². The average molecular weight is 251 g/mol. The summed E-state index contributed by atoms with van der Waals surface area (Å²) >= 11 is 1.66. The first-order chi connectivity index (χ1) is 8.36. The Bertz CT molecular complexity index is 464. The van der Waals surface area contributed by atoms with Crippen molar-refractivity contribution in [2.45, 2.75) is 31.8 Å². The van der Waals surface area contributed by atoms with Crippen LogP contribution in [-0.4, -0.2) is 38.6 Å². The van der Waals surface area contributed by atoms with Crippen molar-refractivity contribution in [2.75, 3.05) is 13.2 Å². The number of thiazole rings is 1. The van der Waals surface area contributed by atoms with Crippen LogP contribution in [0, 0.1) is 0 Å². The Morgan fingerprint density at radius 3 is 3.24 bits per heavy atom. The molecule has 0 amide bonds. The third kappa shape index (κ3) is 2.22. The predicted octanol–water partition coefficient (Wildman–Crippen LogP) is 1.74. The number of piperidine rings is 1. The highest BCUT2D eigenvalue weighted by molar-refractivity contribution is 7.15. The van der Waals surface area contributed by atoms with Gasteiger partial charge in [-0.1, -0.05) is 6.42 Å². The zero-order chi connectivity index (χ0) is 11.7. The van der Waals surface area contributed by atoms with Crippen LogP contribution >= 0.6 is 11.3 Å². The molecule has 5 heteroatoms. The molecule has 1 fully saturated rings. The van der Waals surface area contributed by atoms with E-state index in [1.165, 1.54) is 12.8 Å². The van der Waals surface area contributed by atoms with Crippen LogP contribution in [0.5, 0.6) is 0 Å². The highest BCUT2D eigenvalue weighted by Gasteiger charge is 2.22. The van der Waals surface area contributed by atoms with Crippen LogP contribution in [0.15, 0.2) is 17.8 Å². The number of aliphatic hydroxyl groups is 1. The molecule has 4 nitrogen and oxygen atoms in total. The molecule has 0 radical (unpaired) electrons. The topological polar surface area (TPSA) is 40.8 Å². The Balaban J connectivity index is 1.74. The van der Waals surface area contributed by atoms with E-state index in [2.05, 4.69) is 20.5 Å². The van der Waals surface area contributed by atoms with Gasteiger partial charge in [-0.05, 0) is 19.4 Å². The fraction of sp³-hybridized carbons (Fsp3) is 0.583. The maximum absolute atomic E-state index is 9.37. The first-order valence-corrected chi connectivity index (χ1v) is 7.01. The Morgan fingerprint density at radius 1 is 1.47 bits per heavy atom. The smallest absolute Gasteiger partial charge is 0.193 e. The van der Waals surface area contributed by atoms with Crippen molar-refractivity contribution >= 4 is 16.3 Å². The van der Waals surface area contributed by atoms with Gasteiger partial charge in [-0.2, -0.15) is 0 Å². The van der Waals surface area contributed by atoms with Gasteiger partial charge in [-0.15, -0.1) is 11.3 Å². The van der Waals surface area contributed by atoms with Crippen LogP contribution in [0.3, 0.4) is 0 Å². The van der Waals surface area contributed by atoms with E-state index in [1.54, 1.807) is 11.3 Å². The zero-order valence-corrected chi connectivity index (χ0v) is 10.6. The summed E-state index contributed by atoms with van der Waals surface area (Å²) in [6, 6.07) is 0.323. The van der Waals surface area contributed by atoms with Crippen LogP contribution in [0.4, 0.5) is 0 Å². The number of fused-ring (bicyclic) bond motifs is 1. The summed E-state index contributed by atoms with van der Waals surface area (Å²) in [5.41, 5.74) is 1.11. The molecule has 1 atom stereocenters. The fourth-order valence-electron chi connectivity index (χ4n) is 2.54. The summed E-state index contributed by atoms with van der Waals surface area (Å²) in [4.78, 5) is 8.00. The van der Waals surface area contributed by atoms with E-state index < -0.39 is 0 Å². The number of hydrogen-bond acceptors (Lipinski definition) is 4. The predicted molar refractivity (Wildman–Crippen MR) is 68.2 cm³/mol. The zero-order valence-electron chi connectivity index (χ0n) is 9.75. The molecular formula is C12H17N3OS. The minimum Gasteiger partial charge on any atom is -0.395 e. The van der Waals surface area contributed by atoms with Crippen molar-refractivity contribution in [3.05, 3.63) is 23.5 Å². The second-order valence-electron chi connectivity index (χ2n) is 4.63. The van der Waals surface area contributed by atoms with E-state index in [0.29, 0.717) is 6.04 Å². The van der Waals surface area contributed by atoms with E-state index in [9.17, 15) is 5.11 Å². The number of rotatable bonds is 3. The first kappa shape index (κ1) is 11.2. The summed E-state index contributed by atoms with van der Waals surface area (Å²) in [6.07, 6.45) is 7.71. The molecule has 1 aliphatic heterocycles. The molecule has 0 aliphatic carbocycles. The molecule has 1 unspecified atom stereocenters. The molecule has 2 aromatic rings. The number of hydrogen-bond donors (Lipinski definition) is 1. The van der Waals surface area contributed by atoms with E-state index in [1.807, 2.05) is 11.6 Å². The molecule has 17 heavy (non-hydrogen) atoms. The van der Waals surface area contributed by atoms with Crippen molar-refractivity contribution in [1.29, 1.82) is 0 Å². The number of imidazole rings is 1. The molecule has 0 bridgehead atoms. The molecule has 92 valence electrons. The van der Waals surface area contributed by atoms with E-state index >= 15 is 0 Å². The van der Waals surface area contributed by atoms with Gasteiger partial charge in [-0.3, -0.25) is 9.30 Å². The Kier molecular flexibility index (Phi) is 3.13. The summed E-state index contributed by atoms with van der Waals surface area (Å²) in [5.74, 6) is 0. The largest absolute Gasteiger partial charge is 0.395 e. The third-order valence-electron chi connectivity index (χ3n) is 3.47. The molecule has 2 aromatic heterocycles. The molecule has 1 saturated heterocycles. The Labute approximate surface area is 105 Å². The Morgan fingerprint density at radius 2 is 2.41 bits per heavy atom. The monoisotopic (exact) mass is 251 g/mol. The Hall–Kier alpha value is -0.910. The molecule has 3 heterocycles. The minimum absolute atomic E-state index is 0.266. The fourth-order valence-corrected chi connectivity index (χ4v) is 3.25. The van der Waals surface area contributed by atoms with Gasteiger partial charge in [0.05, 0.1) is 12.3 Å². The van der Waals surface area contributed by atoms with Gasteiger partial charge in [0.25, 0.3) is 0 Å². The van der Waals surface area contributed by atoms with Crippen LogP contribution < -0.4 is 0 Å². The molecule has 0 aromatic carbocycles. The quantitative estimate of drug-likeness (QED) is 0.903. The highest BCUT2D eigenvalue weighted by Crippen LogP contribution is 2.20. The van der Waals surface area contributed by atoms with E-state index in [4.69, 9.17) is 0 Å². The molecular weight excluding hydrogens is 234 g/mol. The summed E-state index contributed by atoms with van der Waals surface area (Å²) in [6.45, 7) is 2.21. The summed E-state index contributed by atoms with van der Waals surface area (Å²) in [5, 5.41) is 11.4. The van der Waals surface area contributed by atoms with Crippen LogP contribution in [0.2, 0.25) is 0 Å². The van der Waals surface area contributed by atoms with Crippen LogP contribution in [0.25, 0.3) is 4.96 Å². The van der Waals surface area contributed by atoms with Gasteiger partial charge < -0.3 is 5.11 Å². The molecule has 0 spiro atoms. The number of aliphatic hydroxyl groups excluding tert-OH is 1. The molecule has 1 N–H and O–H groups in total. The van der Waals surface area contributed by atoms with Gasteiger partial charge in [0.15, 0.2) is 4.96 Å². The van der Waals surface area contributed by atoms with Gasteiger partial charge in [0.2, 0.25) is 0 Å². The van der Waals surface area contributed by atoms with Crippen molar-refractivity contribution in [3.8, 4) is 0 Å². The second-order valence-corrected chi connectivity index (χ2v) is 5.50. The lowest BCUT2D eigenvalue weighted by atomic mass is 10.0. The second kappa shape index (κ2) is 4.76. The average Bonchev–Trinajstić information content (AvgIpc) is 2.90. The maximum Gasteiger partial charge on any atom is 0.193 e. The SMILES string of the molecule is OCC1CCCCN1Cc1cn2ccsc2n1. The van der Waals surface area contributed by atoms with Crippen LogP contribution in [0.1, 0.15) is 25.0 Å². The lowest BCUT2D eigenvalue weighted by Crippen LogP contribution is -2.41. The molecule has 0 saturated carbocycles. The number of aromatic nitrogens is 2. The maximum atomic E-state index is 9.37. The van der Waals surface area contributed by atoms with E-state index in [-0.39, 0.29) is 6.61 Å². The minimum atomic E-state index is 0.266. The first-order valence-electron chi connectivity index (χ1n) is 6.13. The highest BCUT2D eigenvalue weighted by atomic mass is 32.1. The van der Waals surface area contributed by atoms with Gasteiger partial charge in [0, 0.05) is 30.4 Å². The van der Waals surface area contributed by atoms with Crippen molar-refractivity contribution < 1.29 is 5.11 Å². The number of nitrogens with zero attached hydrogens (tertiary/aromatic N) is 3. The lowest BCUT2D eigenvalue weighted by Gasteiger charge is -2.33. The van der Waals surface area contributed by atoms with Crippen molar-refractivity contribution in [1.82, 2.24) is 14.3 Å². The molecule has 1 aliphatic rings. The standard InChI is InChI=1S/C12H17N3OS/c16-9-11-3-1-2-4-14(11)7-10-8-15-5-6-17-12(15)13-10/h5-6,8,11,16H,1-4,7,9H2. The summed E-state index contributed by atoms with van der Waals surface area (Å²) < 4.78 is 2.07. The summed E-state index contributed by atoms with van der Waals surface area (Å²) in [7, 11) is 0. The van der Waals surface area contributed by atoms with Gasteiger partial charge in [-0.25, -0.2) is 4.98 Å². The third-order valence-corrected chi connectivity index (χ3v) is 4.24. The normalized spacial score (nSPS) is 22.3. The van der Waals surface area contributed by atoms with Crippen molar-refractivity contribution in [3.63, 3.8) is 0 Å². The lowest BCUT2D eigenvalue weighted by molar-refractivity contribution is 0.0832. The van der Waals surface area contributed by atoms with Crippen LogP contribution in [-0.2, 0) is 6.54 Å². The van der Waals surface area contributed by atoms with Gasteiger partial charge in [0.1, 0.15) is 0 Å². The van der Waals surface area contributed by atoms with Gasteiger partial charge >= 0.3 is 0 Å². The molecule has 3 rings (SSSR count).